The van der Waals surface area contributed by atoms with E-state index in [4.69, 9.17) is 19.4 Å². The second-order valence-corrected chi connectivity index (χ2v) is 17.1. The Hall–Kier alpha value is -6.44. The SMILES string of the molecule is COC(=O)N[C@@H](C(=O)N1CCC[C@H]1c1ncc(-c2ccc(-c3ccc(-c4cnc([C@@H]5CCCN5C(=O)C[C@@H]5CCCN5C(=O)OC(C)(C)C)[nH]4)cc3)cc2)[nH]1)c1ccccc1. The first-order chi connectivity index (χ1) is 29.5. The molecule has 0 aliphatic carbocycles. The molecule has 14 heteroatoms. The molecule has 3 aliphatic heterocycles. The third-order valence-corrected chi connectivity index (χ3v) is 11.9. The van der Waals surface area contributed by atoms with Crippen molar-refractivity contribution in [3.8, 4) is 33.6 Å². The molecular weight excluding hydrogens is 773 g/mol. The number of amides is 4. The van der Waals surface area contributed by atoms with Crippen LogP contribution in [0.4, 0.5) is 9.59 Å². The largest absolute Gasteiger partial charge is 0.453 e. The summed E-state index contributed by atoms with van der Waals surface area (Å²) < 4.78 is 10.5. The molecule has 0 saturated carbocycles. The van der Waals surface area contributed by atoms with Crippen molar-refractivity contribution in [3.63, 3.8) is 0 Å². The Kier molecular flexibility index (Phi) is 12.0. The summed E-state index contributed by atoms with van der Waals surface area (Å²) >= 11 is 0. The molecule has 3 aliphatic rings. The van der Waals surface area contributed by atoms with Crippen LogP contribution in [0.15, 0.2) is 91.3 Å². The number of nitrogens with zero attached hydrogens (tertiary/aromatic N) is 5. The molecule has 3 fully saturated rings. The van der Waals surface area contributed by atoms with Crippen molar-refractivity contribution < 1.29 is 28.7 Å². The topological polar surface area (TPSA) is 166 Å². The number of carbonyl (C=O) groups is 4. The van der Waals surface area contributed by atoms with E-state index in [-0.39, 0.29) is 42.5 Å². The van der Waals surface area contributed by atoms with Gasteiger partial charge in [0.05, 0.1) is 43.0 Å². The first-order valence-electron chi connectivity index (χ1n) is 21.3. The summed E-state index contributed by atoms with van der Waals surface area (Å²) in [6.45, 7) is 7.40. The van der Waals surface area contributed by atoms with Gasteiger partial charge in [-0.05, 0) is 87.1 Å². The van der Waals surface area contributed by atoms with Crippen LogP contribution < -0.4 is 5.32 Å². The second kappa shape index (κ2) is 17.6. The molecule has 3 N–H and O–H groups in total. The number of nitrogens with one attached hydrogen (secondary N) is 3. The Morgan fingerprint density at radius 1 is 0.705 bits per heavy atom. The molecule has 5 aromatic rings. The van der Waals surface area contributed by atoms with E-state index < -0.39 is 17.7 Å². The highest BCUT2D eigenvalue weighted by Crippen LogP contribution is 2.36. The van der Waals surface area contributed by atoms with Crippen LogP contribution >= 0.6 is 0 Å². The molecule has 8 rings (SSSR count). The number of hydrogen-bond donors (Lipinski definition) is 3. The van der Waals surface area contributed by atoms with Crippen LogP contribution in [0.2, 0.25) is 0 Å². The average Bonchev–Trinajstić information content (AvgIpc) is 4.12. The van der Waals surface area contributed by atoms with Crippen LogP contribution in [-0.4, -0.2) is 97.0 Å². The molecule has 3 aromatic carbocycles. The van der Waals surface area contributed by atoms with Gasteiger partial charge >= 0.3 is 12.2 Å². The maximum atomic E-state index is 13.9. The number of ether oxygens (including phenoxy) is 2. The summed E-state index contributed by atoms with van der Waals surface area (Å²) in [7, 11) is 1.28. The Balaban J connectivity index is 0.895. The van der Waals surface area contributed by atoms with Crippen molar-refractivity contribution in [1.29, 1.82) is 0 Å². The van der Waals surface area contributed by atoms with E-state index in [1.54, 1.807) is 16.0 Å². The highest BCUT2D eigenvalue weighted by Gasteiger charge is 2.39. The maximum absolute atomic E-state index is 13.9. The Bertz CT molecular complexity index is 2330. The van der Waals surface area contributed by atoms with Crippen LogP contribution in [0, 0.1) is 0 Å². The van der Waals surface area contributed by atoms with E-state index in [9.17, 15) is 19.2 Å². The fourth-order valence-electron chi connectivity index (χ4n) is 8.86. The lowest BCUT2D eigenvalue weighted by molar-refractivity contribution is -0.135. The normalized spacial score (nSPS) is 19.5. The zero-order chi connectivity index (χ0) is 42.7. The summed E-state index contributed by atoms with van der Waals surface area (Å²) in [6, 6.07) is 24.4. The van der Waals surface area contributed by atoms with Crippen molar-refractivity contribution in [2.75, 3.05) is 26.7 Å². The van der Waals surface area contributed by atoms with Gasteiger partial charge in [-0.25, -0.2) is 19.6 Å². The Morgan fingerprint density at radius 2 is 1.21 bits per heavy atom. The second-order valence-electron chi connectivity index (χ2n) is 17.1. The number of likely N-dealkylation sites (tertiary alicyclic amines) is 3. The van der Waals surface area contributed by atoms with E-state index in [0.717, 1.165) is 78.0 Å². The molecule has 61 heavy (non-hydrogen) atoms. The number of rotatable bonds is 10. The third-order valence-electron chi connectivity index (χ3n) is 11.9. The van der Waals surface area contributed by atoms with Crippen molar-refractivity contribution in [2.24, 2.45) is 0 Å². The maximum Gasteiger partial charge on any atom is 0.410 e. The highest BCUT2D eigenvalue weighted by molar-refractivity contribution is 5.87. The van der Waals surface area contributed by atoms with Gasteiger partial charge in [0, 0.05) is 32.1 Å². The van der Waals surface area contributed by atoms with Gasteiger partial charge in [-0.1, -0.05) is 78.9 Å². The highest BCUT2D eigenvalue weighted by atomic mass is 16.6. The molecular formula is C47H54N8O6. The molecule has 3 saturated heterocycles. The summed E-state index contributed by atoms with van der Waals surface area (Å²) in [6.07, 6.45) is 7.86. The van der Waals surface area contributed by atoms with Gasteiger partial charge in [0.25, 0.3) is 5.91 Å². The molecule has 2 aromatic heterocycles. The third kappa shape index (κ3) is 9.18. The summed E-state index contributed by atoms with van der Waals surface area (Å²) in [5, 5.41) is 2.72. The van der Waals surface area contributed by atoms with E-state index >= 15 is 0 Å². The number of benzene rings is 3. The number of hydrogen-bond acceptors (Lipinski definition) is 8. The smallest absolute Gasteiger partial charge is 0.410 e. The van der Waals surface area contributed by atoms with Crippen LogP contribution in [-0.2, 0) is 19.1 Å². The molecule has 4 amide bonds. The van der Waals surface area contributed by atoms with Gasteiger partial charge in [0.15, 0.2) is 0 Å². The van der Waals surface area contributed by atoms with Gasteiger partial charge in [-0.2, -0.15) is 0 Å². The molecule has 14 nitrogen and oxygen atoms in total. The van der Waals surface area contributed by atoms with Crippen LogP contribution in [0.1, 0.15) is 101 Å². The quantitative estimate of drug-likeness (QED) is 0.126. The lowest BCUT2D eigenvalue weighted by Crippen LogP contribution is -2.42. The van der Waals surface area contributed by atoms with Crippen molar-refractivity contribution in [3.05, 3.63) is 108 Å². The van der Waals surface area contributed by atoms with Gasteiger partial charge in [-0.3, -0.25) is 9.59 Å². The van der Waals surface area contributed by atoms with Crippen LogP contribution in [0.3, 0.4) is 0 Å². The first-order valence-corrected chi connectivity index (χ1v) is 21.3. The van der Waals surface area contributed by atoms with Gasteiger partial charge in [-0.15, -0.1) is 0 Å². The minimum atomic E-state index is -0.879. The monoisotopic (exact) mass is 826 g/mol. The number of aromatic nitrogens is 4. The van der Waals surface area contributed by atoms with E-state index in [0.29, 0.717) is 31.0 Å². The van der Waals surface area contributed by atoms with Crippen LogP contribution in [0.25, 0.3) is 33.6 Å². The fourth-order valence-corrected chi connectivity index (χ4v) is 8.86. The fraction of sp³-hybridized carbons (Fsp3) is 0.404. The van der Waals surface area contributed by atoms with E-state index in [1.165, 1.54) is 7.11 Å². The first kappa shape index (κ1) is 41.3. The summed E-state index contributed by atoms with van der Waals surface area (Å²) in [5.74, 6) is 1.31. The number of imidazole rings is 2. The summed E-state index contributed by atoms with van der Waals surface area (Å²) in [5.41, 5.74) is 5.92. The molecule has 0 spiro atoms. The Labute approximate surface area is 356 Å². The minimum absolute atomic E-state index is 0.0419. The molecule has 5 heterocycles. The molecule has 0 radical (unpaired) electrons. The number of aromatic amines is 2. The molecule has 318 valence electrons. The number of methoxy groups -OCH3 is 1. The lowest BCUT2D eigenvalue weighted by atomic mass is 10.0. The van der Waals surface area contributed by atoms with Gasteiger partial charge in [0.2, 0.25) is 5.91 Å². The zero-order valence-corrected chi connectivity index (χ0v) is 35.2. The lowest BCUT2D eigenvalue weighted by Gasteiger charge is -2.30. The van der Waals surface area contributed by atoms with E-state index in [2.05, 4.69) is 63.8 Å². The summed E-state index contributed by atoms with van der Waals surface area (Å²) in [4.78, 5) is 74.5. The number of H-pyrrole nitrogens is 2. The predicted octanol–water partition coefficient (Wildman–Crippen LogP) is 8.35. The molecule has 4 atom stereocenters. The standard InChI is InChI=1S/C47H54N8O6/c1-47(2,3)61-46(59)53-24-8-13-35(53)27-40(56)54-25-9-14-38(54)42-48-28-36(50-42)32-20-16-30(17-21-32)31-18-22-33(23-19-31)37-29-49-43(51-37)39-15-10-26-55(39)44(57)41(52-45(58)60-4)34-11-6-5-7-12-34/h5-7,11-12,16-23,28-29,35,38-39,41H,8-10,13-15,24-27H2,1-4H3,(H,48,50)(H,49,51)(H,52,58)/t35-,38-,39-,41+/m0/s1. The van der Waals surface area contributed by atoms with Crippen LogP contribution in [0.5, 0.6) is 0 Å². The van der Waals surface area contributed by atoms with Gasteiger partial charge < -0.3 is 39.5 Å². The number of alkyl carbamates (subject to hydrolysis) is 1. The van der Waals surface area contributed by atoms with Gasteiger partial charge in [0.1, 0.15) is 23.3 Å². The molecule has 0 unspecified atom stereocenters. The Morgan fingerprint density at radius 3 is 1.77 bits per heavy atom. The van der Waals surface area contributed by atoms with Crippen molar-refractivity contribution in [2.45, 2.75) is 95.5 Å². The van der Waals surface area contributed by atoms with Crippen molar-refractivity contribution >= 4 is 24.0 Å². The minimum Gasteiger partial charge on any atom is -0.453 e. The number of carbonyl (C=O) groups excluding carboxylic acids is 4. The van der Waals surface area contributed by atoms with Crippen molar-refractivity contribution in [1.82, 2.24) is 40.0 Å². The average molecular weight is 827 g/mol. The predicted molar refractivity (Wildman–Crippen MR) is 230 cm³/mol. The molecule has 0 bridgehead atoms. The zero-order valence-electron chi connectivity index (χ0n) is 35.2. The van der Waals surface area contributed by atoms with E-state index in [1.807, 2.05) is 62.2 Å².